The maximum Gasteiger partial charge on any atom is 0.310 e. The summed E-state index contributed by atoms with van der Waals surface area (Å²) >= 11 is 0. The third-order valence-corrected chi connectivity index (χ3v) is 4.82. The number of aliphatic hydroxyl groups excluding tert-OH is 1. The Kier molecular flexibility index (Phi) is 5.94. The van der Waals surface area contributed by atoms with Gasteiger partial charge in [-0.2, -0.15) is 0 Å². The zero-order chi connectivity index (χ0) is 19.4. The van der Waals surface area contributed by atoms with E-state index in [0.29, 0.717) is 19.6 Å². The fourth-order valence-corrected chi connectivity index (χ4v) is 3.30. The second-order valence-corrected chi connectivity index (χ2v) is 7.12. The fraction of sp³-hybridized carbons (Fsp3) is 0.429. The number of carbonyl (C=O) groups is 1. The first kappa shape index (κ1) is 19.2. The number of anilines is 1. The van der Waals surface area contributed by atoms with Crippen molar-refractivity contribution in [3.63, 3.8) is 0 Å². The van der Waals surface area contributed by atoms with E-state index >= 15 is 0 Å². The lowest BCUT2D eigenvalue weighted by molar-refractivity contribution is -0.117. The number of nitrogens with zero attached hydrogens (tertiary/aromatic N) is 2. The molecule has 1 fully saturated rings. The first-order valence-corrected chi connectivity index (χ1v) is 9.09. The molecule has 27 heavy (non-hydrogen) atoms. The summed E-state index contributed by atoms with van der Waals surface area (Å²) in [5, 5.41) is 10.2. The van der Waals surface area contributed by atoms with Gasteiger partial charge in [0.15, 0.2) is 0 Å². The zero-order valence-electron chi connectivity index (χ0n) is 15.5. The van der Waals surface area contributed by atoms with Crippen LogP contribution in [0, 0.1) is 12.5 Å². The summed E-state index contributed by atoms with van der Waals surface area (Å²) in [6.07, 6.45) is 1.49. The van der Waals surface area contributed by atoms with Gasteiger partial charge in [-0.1, -0.05) is 26.0 Å². The molecule has 2 heterocycles. The standard InChI is InChI=1S/C21H24N2O4/c1-14(2)20(24)15-6-8-16(9-7-15)23-17(11-19(22-3)21(23)25)12-26-13-18-5-4-10-27-18/h4-10,14,17,19-20,24H,11-13H2,1-2H3. The molecule has 0 saturated carbocycles. The predicted octanol–water partition coefficient (Wildman–Crippen LogP) is 3.58. The molecule has 1 aliphatic rings. The van der Waals surface area contributed by atoms with Crippen LogP contribution in [0.1, 0.15) is 37.7 Å². The Hall–Kier alpha value is -2.62. The van der Waals surface area contributed by atoms with Gasteiger partial charge in [-0.25, -0.2) is 6.57 Å². The van der Waals surface area contributed by atoms with Crippen LogP contribution in [-0.2, 0) is 16.1 Å². The monoisotopic (exact) mass is 368 g/mol. The van der Waals surface area contributed by atoms with Crippen LogP contribution in [-0.4, -0.2) is 29.7 Å². The molecular weight excluding hydrogens is 344 g/mol. The quantitative estimate of drug-likeness (QED) is 0.759. The van der Waals surface area contributed by atoms with Crippen LogP contribution in [0.3, 0.4) is 0 Å². The summed E-state index contributed by atoms with van der Waals surface area (Å²) in [6.45, 7) is 11.9. The summed E-state index contributed by atoms with van der Waals surface area (Å²) in [7, 11) is 0. The highest BCUT2D eigenvalue weighted by Crippen LogP contribution is 2.31. The van der Waals surface area contributed by atoms with Crippen molar-refractivity contribution >= 4 is 11.6 Å². The van der Waals surface area contributed by atoms with Gasteiger partial charge >= 0.3 is 11.9 Å². The SMILES string of the molecule is [C-]#[N+]C1CC(COCc2ccco2)N(c2ccc(C(O)C(C)C)cc2)C1=O. The number of rotatable bonds is 7. The average Bonchev–Trinajstić information content (AvgIpc) is 3.29. The number of hydrogen-bond donors (Lipinski definition) is 1. The van der Waals surface area contributed by atoms with Crippen molar-refractivity contribution in [3.05, 3.63) is 65.4 Å². The van der Waals surface area contributed by atoms with Crippen molar-refractivity contribution in [2.24, 2.45) is 5.92 Å². The lowest BCUT2D eigenvalue weighted by Crippen LogP contribution is -2.37. The first-order chi connectivity index (χ1) is 13.0. The summed E-state index contributed by atoms with van der Waals surface area (Å²) in [5.41, 5.74) is 1.53. The molecular formula is C21H24N2O4. The molecule has 3 atom stereocenters. The van der Waals surface area contributed by atoms with Gasteiger partial charge in [0.05, 0.1) is 31.4 Å². The number of amides is 1. The van der Waals surface area contributed by atoms with E-state index in [2.05, 4.69) is 4.85 Å². The van der Waals surface area contributed by atoms with Crippen LogP contribution in [0.25, 0.3) is 4.85 Å². The lowest BCUT2D eigenvalue weighted by Gasteiger charge is -2.24. The van der Waals surface area contributed by atoms with Crippen molar-refractivity contribution in [2.75, 3.05) is 11.5 Å². The van der Waals surface area contributed by atoms with Gasteiger partial charge in [0.2, 0.25) is 0 Å². The molecule has 0 spiro atoms. The van der Waals surface area contributed by atoms with Crippen LogP contribution < -0.4 is 4.90 Å². The summed E-state index contributed by atoms with van der Waals surface area (Å²) < 4.78 is 11.0. The van der Waals surface area contributed by atoms with Crippen molar-refractivity contribution in [1.82, 2.24) is 0 Å². The normalized spacial score (nSPS) is 20.9. The predicted molar refractivity (Wildman–Crippen MR) is 101 cm³/mol. The number of aliphatic hydroxyl groups is 1. The molecule has 6 nitrogen and oxygen atoms in total. The van der Waals surface area contributed by atoms with Crippen molar-refractivity contribution in [3.8, 4) is 0 Å². The molecule has 1 N–H and O–H groups in total. The molecule has 0 radical (unpaired) electrons. The van der Waals surface area contributed by atoms with Gasteiger partial charge in [-0.3, -0.25) is 4.79 Å². The molecule has 3 unspecified atom stereocenters. The fourth-order valence-electron chi connectivity index (χ4n) is 3.30. The highest BCUT2D eigenvalue weighted by molar-refractivity contribution is 6.01. The Morgan fingerprint density at radius 3 is 2.67 bits per heavy atom. The van der Waals surface area contributed by atoms with Gasteiger partial charge in [0.1, 0.15) is 12.4 Å². The Bertz CT molecular complexity index is 793. The Labute approximate surface area is 159 Å². The van der Waals surface area contributed by atoms with Crippen molar-refractivity contribution < 1.29 is 19.1 Å². The third kappa shape index (κ3) is 4.21. The van der Waals surface area contributed by atoms with Gasteiger partial charge in [-0.05, 0) is 35.7 Å². The van der Waals surface area contributed by atoms with E-state index in [0.717, 1.165) is 17.0 Å². The molecule has 1 aromatic heterocycles. The van der Waals surface area contributed by atoms with E-state index < -0.39 is 12.1 Å². The molecule has 1 amide bonds. The molecule has 1 saturated heterocycles. The zero-order valence-corrected chi connectivity index (χ0v) is 15.5. The van der Waals surface area contributed by atoms with Gasteiger partial charge in [0.25, 0.3) is 0 Å². The Morgan fingerprint density at radius 1 is 1.33 bits per heavy atom. The number of benzene rings is 1. The first-order valence-electron chi connectivity index (χ1n) is 9.09. The number of carbonyl (C=O) groups excluding carboxylic acids is 1. The highest BCUT2D eigenvalue weighted by atomic mass is 16.5. The number of furan rings is 1. The van der Waals surface area contributed by atoms with Gasteiger partial charge in [0, 0.05) is 5.69 Å². The van der Waals surface area contributed by atoms with Crippen LogP contribution in [0.15, 0.2) is 47.1 Å². The van der Waals surface area contributed by atoms with Crippen molar-refractivity contribution in [1.29, 1.82) is 0 Å². The largest absolute Gasteiger partial charge is 0.467 e. The van der Waals surface area contributed by atoms with Gasteiger partial charge in [-0.15, -0.1) is 0 Å². The lowest BCUT2D eigenvalue weighted by atomic mass is 9.99. The van der Waals surface area contributed by atoms with E-state index in [4.69, 9.17) is 15.7 Å². The molecule has 6 heteroatoms. The maximum absolute atomic E-state index is 12.7. The van der Waals surface area contributed by atoms with E-state index in [1.165, 1.54) is 0 Å². The van der Waals surface area contributed by atoms with E-state index in [-0.39, 0.29) is 17.9 Å². The molecule has 3 rings (SSSR count). The van der Waals surface area contributed by atoms with Crippen LogP contribution in [0.5, 0.6) is 0 Å². The summed E-state index contributed by atoms with van der Waals surface area (Å²) in [4.78, 5) is 17.8. The molecule has 2 aromatic rings. The number of ether oxygens (including phenoxy) is 1. The van der Waals surface area contributed by atoms with E-state index in [1.54, 1.807) is 17.2 Å². The van der Waals surface area contributed by atoms with Gasteiger partial charge < -0.3 is 24.0 Å². The summed E-state index contributed by atoms with van der Waals surface area (Å²) in [6, 6.07) is 10.1. The number of hydrogen-bond acceptors (Lipinski definition) is 4. The summed E-state index contributed by atoms with van der Waals surface area (Å²) in [5.74, 6) is 0.631. The molecule has 1 aliphatic heterocycles. The van der Waals surface area contributed by atoms with Crippen LogP contribution >= 0.6 is 0 Å². The average molecular weight is 368 g/mol. The van der Waals surface area contributed by atoms with Crippen LogP contribution in [0.2, 0.25) is 0 Å². The van der Waals surface area contributed by atoms with E-state index in [1.807, 2.05) is 44.2 Å². The molecule has 142 valence electrons. The molecule has 1 aromatic carbocycles. The van der Waals surface area contributed by atoms with Crippen LogP contribution in [0.4, 0.5) is 5.69 Å². The second kappa shape index (κ2) is 8.38. The van der Waals surface area contributed by atoms with Crippen molar-refractivity contribution in [2.45, 2.75) is 45.1 Å². The molecule has 0 aliphatic carbocycles. The Balaban J connectivity index is 1.73. The molecule has 0 bridgehead atoms. The van der Waals surface area contributed by atoms with E-state index in [9.17, 15) is 9.90 Å². The third-order valence-electron chi connectivity index (χ3n) is 4.82. The highest BCUT2D eigenvalue weighted by Gasteiger charge is 2.44. The second-order valence-electron chi connectivity index (χ2n) is 7.12. The smallest absolute Gasteiger partial charge is 0.310 e. The Morgan fingerprint density at radius 2 is 2.07 bits per heavy atom. The topological polar surface area (TPSA) is 67.3 Å². The minimum absolute atomic E-state index is 0.110. The minimum Gasteiger partial charge on any atom is -0.467 e. The maximum atomic E-state index is 12.7. The minimum atomic E-state index is -0.678.